The quantitative estimate of drug-likeness (QED) is 0.373. The van der Waals surface area contributed by atoms with E-state index in [1.54, 1.807) is 30.3 Å². The Kier molecular flexibility index (Phi) is 6.92. The van der Waals surface area contributed by atoms with Crippen LogP contribution in [0.2, 0.25) is 0 Å². The predicted molar refractivity (Wildman–Crippen MR) is 128 cm³/mol. The van der Waals surface area contributed by atoms with Gasteiger partial charge in [-0.05, 0) is 42.2 Å². The first-order chi connectivity index (χ1) is 16.0. The molecule has 4 rings (SSSR count). The van der Waals surface area contributed by atoms with Crippen molar-refractivity contribution < 1.29 is 9.72 Å². The minimum Gasteiger partial charge on any atom is -0.326 e. The number of nitrogens with one attached hydrogen (secondary N) is 2. The monoisotopic (exact) mass is 446 g/mol. The SMILES string of the molecule is O=C(CCC1CCCC1)Nc1ccc2c(CC=Cc3ccc([N+](=O)[O-])cc3)n[nH]c(=O)c2c1. The van der Waals surface area contributed by atoms with Crippen LogP contribution in [0.1, 0.15) is 49.8 Å². The maximum absolute atomic E-state index is 12.3. The van der Waals surface area contributed by atoms with Gasteiger partial charge in [-0.3, -0.25) is 19.7 Å². The molecule has 2 N–H and O–H groups in total. The molecule has 1 saturated carbocycles. The molecular weight excluding hydrogens is 420 g/mol. The lowest BCUT2D eigenvalue weighted by Crippen LogP contribution is -2.14. The maximum Gasteiger partial charge on any atom is 0.272 e. The molecule has 0 atom stereocenters. The second-order valence-electron chi connectivity index (χ2n) is 8.45. The third kappa shape index (κ3) is 5.71. The molecule has 0 saturated heterocycles. The van der Waals surface area contributed by atoms with Gasteiger partial charge in [0.25, 0.3) is 11.2 Å². The van der Waals surface area contributed by atoms with E-state index in [2.05, 4.69) is 15.5 Å². The van der Waals surface area contributed by atoms with Crippen molar-refractivity contribution in [3.63, 3.8) is 0 Å². The van der Waals surface area contributed by atoms with Gasteiger partial charge in [-0.15, -0.1) is 0 Å². The van der Waals surface area contributed by atoms with Crippen LogP contribution >= 0.6 is 0 Å². The summed E-state index contributed by atoms with van der Waals surface area (Å²) in [4.78, 5) is 35.0. The highest BCUT2D eigenvalue weighted by Crippen LogP contribution is 2.28. The Labute approximate surface area is 190 Å². The second-order valence-corrected chi connectivity index (χ2v) is 8.45. The van der Waals surface area contributed by atoms with Crippen molar-refractivity contribution in [1.82, 2.24) is 10.2 Å². The van der Waals surface area contributed by atoms with Gasteiger partial charge in [0.05, 0.1) is 16.0 Å². The molecule has 1 aliphatic carbocycles. The lowest BCUT2D eigenvalue weighted by Gasteiger charge is -2.10. The Morgan fingerprint density at radius 1 is 1.15 bits per heavy atom. The van der Waals surface area contributed by atoms with Gasteiger partial charge >= 0.3 is 0 Å². The summed E-state index contributed by atoms with van der Waals surface area (Å²) in [6.45, 7) is 0. The normalized spacial score (nSPS) is 14.2. The molecule has 33 heavy (non-hydrogen) atoms. The molecule has 2 aromatic carbocycles. The van der Waals surface area contributed by atoms with Gasteiger partial charge in [0, 0.05) is 36.0 Å². The summed E-state index contributed by atoms with van der Waals surface area (Å²) in [5.74, 6) is 0.626. The first-order valence-corrected chi connectivity index (χ1v) is 11.2. The number of aromatic amines is 1. The second kappa shape index (κ2) is 10.2. The third-order valence-electron chi connectivity index (χ3n) is 6.13. The molecule has 0 unspecified atom stereocenters. The van der Waals surface area contributed by atoms with Crippen LogP contribution in [-0.4, -0.2) is 21.0 Å². The van der Waals surface area contributed by atoms with Crippen LogP contribution in [0.3, 0.4) is 0 Å². The Balaban J connectivity index is 1.44. The molecule has 170 valence electrons. The van der Waals surface area contributed by atoms with Gasteiger partial charge in [-0.25, -0.2) is 5.10 Å². The zero-order chi connectivity index (χ0) is 23.2. The fourth-order valence-electron chi connectivity index (χ4n) is 4.33. The number of fused-ring (bicyclic) bond motifs is 1. The van der Waals surface area contributed by atoms with Crippen LogP contribution in [0.4, 0.5) is 11.4 Å². The molecule has 1 heterocycles. The number of carbonyl (C=O) groups is 1. The molecule has 1 amide bonds. The minimum atomic E-state index is -0.434. The Bertz CT molecular complexity index is 1240. The summed E-state index contributed by atoms with van der Waals surface area (Å²) >= 11 is 0. The number of aromatic nitrogens is 2. The molecule has 8 heteroatoms. The fourth-order valence-corrected chi connectivity index (χ4v) is 4.33. The van der Waals surface area contributed by atoms with E-state index < -0.39 is 4.92 Å². The number of rotatable bonds is 8. The van der Waals surface area contributed by atoms with Crippen molar-refractivity contribution in [3.8, 4) is 0 Å². The van der Waals surface area contributed by atoms with Crippen molar-refractivity contribution in [2.45, 2.75) is 44.9 Å². The summed E-state index contributed by atoms with van der Waals surface area (Å²) < 4.78 is 0. The largest absolute Gasteiger partial charge is 0.326 e. The van der Waals surface area contributed by atoms with E-state index in [0.29, 0.717) is 35.5 Å². The lowest BCUT2D eigenvalue weighted by atomic mass is 10.0. The number of nitro groups is 1. The van der Waals surface area contributed by atoms with E-state index >= 15 is 0 Å². The van der Waals surface area contributed by atoms with Crippen molar-refractivity contribution in [1.29, 1.82) is 0 Å². The van der Waals surface area contributed by atoms with Crippen LogP contribution < -0.4 is 10.9 Å². The number of allylic oxidation sites excluding steroid dienone is 1. The van der Waals surface area contributed by atoms with Crippen LogP contribution in [0.15, 0.2) is 53.3 Å². The molecule has 1 fully saturated rings. The van der Waals surface area contributed by atoms with Gasteiger partial charge in [0.2, 0.25) is 5.91 Å². The number of nitrogens with zero attached hydrogens (tertiary/aromatic N) is 2. The molecule has 0 aliphatic heterocycles. The number of hydrogen-bond donors (Lipinski definition) is 2. The average molecular weight is 447 g/mol. The smallest absolute Gasteiger partial charge is 0.272 e. The first-order valence-electron chi connectivity index (χ1n) is 11.2. The summed E-state index contributed by atoms with van der Waals surface area (Å²) in [5.41, 5.74) is 1.86. The summed E-state index contributed by atoms with van der Waals surface area (Å²) in [6.07, 6.45) is 10.6. The van der Waals surface area contributed by atoms with Crippen LogP contribution in [-0.2, 0) is 11.2 Å². The number of benzene rings is 2. The Morgan fingerprint density at radius 2 is 1.91 bits per heavy atom. The third-order valence-corrected chi connectivity index (χ3v) is 6.13. The number of carbonyl (C=O) groups excluding carboxylic acids is 1. The molecule has 0 spiro atoms. The standard InChI is InChI=1S/C25H26N4O4/c30-24(15-10-17-4-1-2-5-17)26-19-11-14-21-22(16-19)25(31)28-27-23(21)7-3-6-18-8-12-20(13-9-18)29(32)33/h3,6,8-9,11-14,16-17H,1-2,4-5,7,10,15H2,(H,26,30)(H,28,31). The van der Waals surface area contributed by atoms with Gasteiger partial charge < -0.3 is 5.32 Å². The molecule has 3 aromatic rings. The van der Waals surface area contributed by atoms with E-state index in [1.807, 2.05) is 12.2 Å². The number of H-pyrrole nitrogens is 1. The average Bonchev–Trinajstić information content (AvgIpc) is 3.33. The van der Waals surface area contributed by atoms with Gasteiger partial charge in [-0.2, -0.15) is 5.10 Å². The molecule has 0 bridgehead atoms. The van der Waals surface area contributed by atoms with Crippen molar-refractivity contribution in [2.75, 3.05) is 5.32 Å². The fraction of sp³-hybridized carbons (Fsp3) is 0.320. The van der Waals surface area contributed by atoms with Gasteiger partial charge in [0.15, 0.2) is 0 Å². The highest BCUT2D eigenvalue weighted by Gasteiger charge is 2.16. The summed E-state index contributed by atoms with van der Waals surface area (Å²) in [5, 5.41) is 21.6. The molecular formula is C25H26N4O4. The van der Waals surface area contributed by atoms with E-state index in [4.69, 9.17) is 0 Å². The van der Waals surface area contributed by atoms with Gasteiger partial charge in [0.1, 0.15) is 0 Å². The van der Waals surface area contributed by atoms with Crippen LogP contribution in [0, 0.1) is 16.0 Å². The van der Waals surface area contributed by atoms with E-state index in [9.17, 15) is 19.7 Å². The Morgan fingerprint density at radius 3 is 2.64 bits per heavy atom. The minimum absolute atomic E-state index is 0.0296. The molecule has 8 nitrogen and oxygen atoms in total. The van der Waals surface area contributed by atoms with Gasteiger partial charge in [-0.1, -0.05) is 43.9 Å². The lowest BCUT2D eigenvalue weighted by molar-refractivity contribution is -0.384. The topological polar surface area (TPSA) is 118 Å². The van der Waals surface area contributed by atoms with Crippen molar-refractivity contribution in [3.05, 3.63) is 80.3 Å². The highest BCUT2D eigenvalue weighted by atomic mass is 16.6. The zero-order valence-corrected chi connectivity index (χ0v) is 18.3. The number of non-ortho nitro benzene ring substituents is 1. The molecule has 0 radical (unpaired) electrons. The highest BCUT2D eigenvalue weighted by molar-refractivity contribution is 5.94. The van der Waals surface area contributed by atoms with Crippen LogP contribution in [0.5, 0.6) is 0 Å². The zero-order valence-electron chi connectivity index (χ0n) is 18.3. The number of nitro benzene ring substituents is 1. The molecule has 1 aromatic heterocycles. The van der Waals surface area contributed by atoms with E-state index in [0.717, 1.165) is 17.4 Å². The number of anilines is 1. The summed E-state index contributed by atoms with van der Waals surface area (Å²) in [6, 6.07) is 11.5. The predicted octanol–water partition coefficient (Wildman–Crippen LogP) is 5.00. The summed E-state index contributed by atoms with van der Waals surface area (Å²) in [7, 11) is 0. The Hall–Kier alpha value is -3.81. The number of amides is 1. The maximum atomic E-state index is 12.3. The van der Waals surface area contributed by atoms with Crippen LogP contribution in [0.25, 0.3) is 16.8 Å². The molecule has 1 aliphatic rings. The first kappa shape index (κ1) is 22.4. The van der Waals surface area contributed by atoms with E-state index in [1.165, 1.54) is 37.8 Å². The van der Waals surface area contributed by atoms with E-state index in [-0.39, 0.29) is 17.2 Å². The van der Waals surface area contributed by atoms with Crippen molar-refractivity contribution >= 4 is 34.1 Å². The van der Waals surface area contributed by atoms with Crippen molar-refractivity contribution in [2.24, 2.45) is 5.92 Å². The number of hydrogen-bond acceptors (Lipinski definition) is 5.